The number of carboxylic acid groups (broad SMARTS) is 1. The maximum atomic E-state index is 13.7. The Bertz CT molecular complexity index is 2040. The predicted octanol–water partition coefficient (Wildman–Crippen LogP) is 1.80. The number of hydrogen-bond acceptors (Lipinski definition) is 9. The number of carbonyl (C=O) groups is 8. The molecule has 3 rings (SSSR count). The van der Waals surface area contributed by atoms with Gasteiger partial charge in [-0.15, -0.1) is 0 Å². The molecule has 64 heavy (non-hydrogen) atoms. The zero-order valence-corrected chi connectivity index (χ0v) is 37.8. The molecule has 0 bridgehead atoms. The first-order valence-electron chi connectivity index (χ1n) is 21.4. The largest absolute Gasteiger partial charge is 0.478 e. The standard InChI is InChI=1S/C47H64N8O9/c1-29(2)21-38(45(61)50-25-41(57)49-26-42(58)52-31(5)30(3)4)54-43(59)28-55(7)44(60)27-51-46(62)39(23-33-13-17-35(18-14-33)34-11-9-8-10-12-34)53-40(56)24-37(48-6)22-32-15-19-36(20-16-32)47(63)64/h8-20,29-31,37-39,48H,21-28H2,1-7H3,(H,49,57)(H,50,61)(H,51,62)(H,52,58)(H,53,56)(H,54,59)(H,63,64)/t31?,37?,38-,39+/m1/s1. The number of hydrogen-bond donors (Lipinski definition) is 8. The van der Waals surface area contributed by atoms with Crippen molar-refractivity contribution in [1.82, 2.24) is 42.1 Å². The summed E-state index contributed by atoms with van der Waals surface area (Å²) in [7, 11) is 3.07. The molecule has 0 fully saturated rings. The monoisotopic (exact) mass is 884 g/mol. The lowest BCUT2D eigenvalue weighted by molar-refractivity contribution is -0.137. The van der Waals surface area contributed by atoms with E-state index < -0.39 is 73.1 Å². The summed E-state index contributed by atoms with van der Waals surface area (Å²) < 4.78 is 0. The lowest BCUT2D eigenvalue weighted by atomic mass is 9.99. The number of nitrogens with one attached hydrogen (secondary N) is 7. The maximum Gasteiger partial charge on any atom is 0.335 e. The highest BCUT2D eigenvalue weighted by Crippen LogP contribution is 2.20. The smallest absolute Gasteiger partial charge is 0.335 e. The van der Waals surface area contributed by atoms with Crippen molar-refractivity contribution in [3.05, 3.63) is 95.6 Å². The molecule has 0 aliphatic carbocycles. The Morgan fingerprint density at radius 1 is 0.594 bits per heavy atom. The van der Waals surface area contributed by atoms with Crippen LogP contribution >= 0.6 is 0 Å². The average Bonchev–Trinajstić information content (AvgIpc) is 3.26. The quantitative estimate of drug-likeness (QED) is 0.0614. The van der Waals surface area contributed by atoms with Crippen LogP contribution in [0.5, 0.6) is 0 Å². The maximum absolute atomic E-state index is 13.7. The third-order valence-corrected chi connectivity index (χ3v) is 10.5. The normalized spacial score (nSPS) is 12.8. The SMILES string of the molecule is CNC(CC(=O)N[C@@H](Cc1ccc(-c2ccccc2)cc1)C(=O)NCC(=O)N(C)CC(=O)N[C@H](CC(C)C)C(=O)NCC(=O)NCC(=O)NC(C)C(C)C)Cc1ccc(C(=O)O)cc1. The molecule has 17 heteroatoms. The van der Waals surface area contributed by atoms with Gasteiger partial charge in [0, 0.05) is 32.0 Å². The van der Waals surface area contributed by atoms with Crippen molar-refractivity contribution in [2.75, 3.05) is 40.3 Å². The number of likely N-dealkylation sites (N-methyl/N-ethyl adjacent to an activating group) is 2. The first-order chi connectivity index (χ1) is 30.3. The van der Waals surface area contributed by atoms with Gasteiger partial charge in [-0.1, -0.05) is 94.4 Å². The number of rotatable bonds is 25. The number of carboxylic acids is 1. The molecule has 8 N–H and O–H groups in total. The first kappa shape index (κ1) is 51.7. The Labute approximate surface area is 375 Å². The van der Waals surface area contributed by atoms with E-state index in [-0.39, 0.29) is 61.2 Å². The average molecular weight is 885 g/mol. The van der Waals surface area contributed by atoms with Crippen molar-refractivity contribution in [3.8, 4) is 11.1 Å². The fourth-order valence-corrected chi connectivity index (χ4v) is 6.40. The van der Waals surface area contributed by atoms with Gasteiger partial charge in [-0.2, -0.15) is 0 Å². The molecule has 4 atom stereocenters. The van der Waals surface area contributed by atoms with Crippen molar-refractivity contribution in [2.24, 2.45) is 11.8 Å². The molecule has 0 spiro atoms. The minimum absolute atomic E-state index is 0.00953. The molecular formula is C47H64N8O9. The van der Waals surface area contributed by atoms with E-state index in [1.165, 1.54) is 19.2 Å². The second-order valence-electron chi connectivity index (χ2n) is 16.6. The van der Waals surface area contributed by atoms with E-state index >= 15 is 0 Å². The zero-order valence-electron chi connectivity index (χ0n) is 37.8. The van der Waals surface area contributed by atoms with Gasteiger partial charge in [-0.3, -0.25) is 33.6 Å². The van der Waals surface area contributed by atoms with Gasteiger partial charge >= 0.3 is 5.97 Å². The number of nitrogens with zero attached hydrogens (tertiary/aromatic N) is 1. The summed E-state index contributed by atoms with van der Waals surface area (Å²) in [4.78, 5) is 103. The van der Waals surface area contributed by atoms with Crippen molar-refractivity contribution in [2.45, 2.75) is 84.5 Å². The second-order valence-corrected chi connectivity index (χ2v) is 16.6. The van der Waals surface area contributed by atoms with Gasteiger partial charge < -0.3 is 47.2 Å². The minimum atomic E-state index is -1.08. The zero-order chi connectivity index (χ0) is 47.3. The van der Waals surface area contributed by atoms with Crippen LogP contribution in [0.1, 0.15) is 68.9 Å². The molecule has 0 saturated heterocycles. The minimum Gasteiger partial charge on any atom is -0.478 e. The Kier molecular flexibility index (Phi) is 21.1. The summed E-state index contributed by atoms with van der Waals surface area (Å²) >= 11 is 0. The Morgan fingerprint density at radius 2 is 1.14 bits per heavy atom. The van der Waals surface area contributed by atoms with E-state index in [2.05, 4.69) is 37.2 Å². The van der Waals surface area contributed by atoms with Gasteiger partial charge in [-0.05, 0) is 73.0 Å². The predicted molar refractivity (Wildman–Crippen MR) is 243 cm³/mol. The Hall–Kier alpha value is -6.62. The number of aromatic carboxylic acids is 1. The summed E-state index contributed by atoms with van der Waals surface area (Å²) in [6.45, 7) is 7.85. The second kappa shape index (κ2) is 26.1. The third kappa shape index (κ3) is 18.4. The van der Waals surface area contributed by atoms with Crippen molar-refractivity contribution in [3.63, 3.8) is 0 Å². The van der Waals surface area contributed by atoms with Crippen molar-refractivity contribution < 1.29 is 43.5 Å². The summed E-state index contributed by atoms with van der Waals surface area (Å²) in [5.41, 5.74) is 3.69. The molecule has 3 aromatic rings. The van der Waals surface area contributed by atoms with Gasteiger partial charge in [0.15, 0.2) is 0 Å². The lowest BCUT2D eigenvalue weighted by Crippen LogP contribution is -2.53. The number of amides is 7. The van der Waals surface area contributed by atoms with Gasteiger partial charge in [0.05, 0.1) is 31.7 Å². The van der Waals surface area contributed by atoms with Gasteiger partial charge in [-0.25, -0.2) is 4.79 Å². The summed E-state index contributed by atoms with van der Waals surface area (Å²) in [6.07, 6.45) is 0.743. The third-order valence-electron chi connectivity index (χ3n) is 10.5. The highest BCUT2D eigenvalue weighted by Gasteiger charge is 2.26. The van der Waals surface area contributed by atoms with Crippen LogP contribution in [0, 0.1) is 11.8 Å². The topological polar surface area (TPSA) is 244 Å². The highest BCUT2D eigenvalue weighted by molar-refractivity contribution is 5.94. The number of benzene rings is 3. The van der Waals surface area contributed by atoms with Gasteiger partial charge in [0.25, 0.3) is 0 Å². The Balaban J connectivity index is 1.61. The van der Waals surface area contributed by atoms with Crippen LogP contribution in [-0.2, 0) is 46.4 Å². The van der Waals surface area contributed by atoms with E-state index in [1.807, 2.05) is 89.2 Å². The van der Waals surface area contributed by atoms with Crippen molar-refractivity contribution >= 4 is 47.3 Å². The van der Waals surface area contributed by atoms with Gasteiger partial charge in [0.2, 0.25) is 41.4 Å². The van der Waals surface area contributed by atoms with E-state index in [0.29, 0.717) is 6.42 Å². The molecular weight excluding hydrogens is 821 g/mol. The van der Waals surface area contributed by atoms with Gasteiger partial charge in [0.1, 0.15) is 12.1 Å². The molecule has 17 nitrogen and oxygen atoms in total. The van der Waals surface area contributed by atoms with Crippen LogP contribution in [0.2, 0.25) is 0 Å². The molecule has 0 heterocycles. The fraction of sp³-hybridized carbons (Fsp3) is 0.447. The summed E-state index contributed by atoms with van der Waals surface area (Å²) in [6, 6.07) is 21.1. The van der Waals surface area contributed by atoms with Crippen LogP contribution in [0.4, 0.5) is 0 Å². The first-order valence-corrected chi connectivity index (χ1v) is 21.4. The summed E-state index contributed by atoms with van der Waals surface area (Å²) in [5.74, 6) is -4.74. The Morgan fingerprint density at radius 3 is 1.73 bits per heavy atom. The van der Waals surface area contributed by atoms with Crippen LogP contribution in [0.25, 0.3) is 11.1 Å². The van der Waals surface area contributed by atoms with E-state index in [9.17, 15) is 43.5 Å². The van der Waals surface area contributed by atoms with Crippen LogP contribution < -0.4 is 37.2 Å². The fourth-order valence-electron chi connectivity index (χ4n) is 6.40. The van der Waals surface area contributed by atoms with E-state index in [1.54, 1.807) is 19.2 Å². The lowest BCUT2D eigenvalue weighted by Gasteiger charge is -2.23. The molecule has 346 valence electrons. The summed E-state index contributed by atoms with van der Waals surface area (Å²) in [5, 5.41) is 28.1. The molecule has 2 unspecified atom stereocenters. The van der Waals surface area contributed by atoms with Crippen LogP contribution in [0.3, 0.4) is 0 Å². The number of carbonyl (C=O) groups excluding carboxylic acids is 7. The molecule has 0 saturated carbocycles. The highest BCUT2D eigenvalue weighted by atomic mass is 16.4. The molecule has 0 aromatic heterocycles. The molecule has 3 aromatic carbocycles. The molecule has 7 amide bonds. The van der Waals surface area contributed by atoms with Crippen LogP contribution in [0.15, 0.2) is 78.9 Å². The molecule has 0 radical (unpaired) electrons. The van der Waals surface area contributed by atoms with E-state index in [0.717, 1.165) is 27.2 Å². The van der Waals surface area contributed by atoms with Crippen LogP contribution in [-0.4, -0.2) is 122 Å². The molecule has 0 aliphatic heterocycles. The van der Waals surface area contributed by atoms with E-state index in [4.69, 9.17) is 0 Å². The van der Waals surface area contributed by atoms with Crippen molar-refractivity contribution in [1.29, 1.82) is 0 Å². The molecule has 0 aliphatic rings.